The highest BCUT2D eigenvalue weighted by Crippen LogP contribution is 2.16. The van der Waals surface area contributed by atoms with Crippen molar-refractivity contribution in [2.75, 3.05) is 25.0 Å². The molecule has 1 aromatic carbocycles. The molecule has 0 aliphatic rings. The number of nitrogens with one attached hydrogen (secondary N) is 1. The van der Waals surface area contributed by atoms with Gasteiger partial charge in [-0.25, -0.2) is 13.6 Å². The third-order valence-electron chi connectivity index (χ3n) is 4.71. The molecule has 0 spiro atoms. The molecule has 0 radical (unpaired) electrons. The van der Waals surface area contributed by atoms with E-state index >= 15 is 0 Å². The number of hydrogen-bond acceptors (Lipinski definition) is 2. The first-order chi connectivity index (χ1) is 14.6. The van der Waals surface area contributed by atoms with Gasteiger partial charge in [0.25, 0.3) is 0 Å². The zero-order chi connectivity index (χ0) is 23.1. The van der Waals surface area contributed by atoms with E-state index in [0.29, 0.717) is 25.7 Å². The average molecular weight is 435 g/mol. The summed E-state index contributed by atoms with van der Waals surface area (Å²) in [6, 6.07) is 6.22. The maximum atomic E-state index is 14.0. The van der Waals surface area contributed by atoms with Crippen LogP contribution in [0.5, 0.6) is 0 Å². The number of halogens is 2. The van der Waals surface area contributed by atoms with E-state index in [4.69, 9.17) is 0 Å². The molecule has 2 rings (SSSR count). The van der Waals surface area contributed by atoms with Crippen LogP contribution in [0.15, 0.2) is 36.5 Å². The Hall–Kier alpha value is -2.90. The second-order valence-corrected chi connectivity index (χ2v) is 8.61. The zero-order valence-electron chi connectivity index (χ0n) is 18.9. The lowest BCUT2D eigenvalue weighted by molar-refractivity contribution is -0.133. The third kappa shape index (κ3) is 7.38. The molecule has 0 fully saturated rings. The minimum Gasteiger partial charge on any atom is -0.353 e. The van der Waals surface area contributed by atoms with Crippen LogP contribution in [-0.4, -0.2) is 45.9 Å². The minimum absolute atomic E-state index is 0.100. The van der Waals surface area contributed by atoms with Crippen LogP contribution < -0.4 is 5.32 Å². The van der Waals surface area contributed by atoms with Crippen molar-refractivity contribution in [1.82, 2.24) is 14.4 Å². The van der Waals surface area contributed by atoms with Gasteiger partial charge in [0.2, 0.25) is 5.91 Å². The van der Waals surface area contributed by atoms with Crippen molar-refractivity contribution in [3.05, 3.63) is 53.9 Å². The Morgan fingerprint density at radius 3 is 2.23 bits per heavy atom. The molecule has 0 atom stereocenters. The molecule has 0 aliphatic heterocycles. The van der Waals surface area contributed by atoms with E-state index in [9.17, 15) is 18.4 Å². The van der Waals surface area contributed by atoms with Gasteiger partial charge in [0.05, 0.1) is 12.2 Å². The molecule has 8 heteroatoms. The molecular formula is C23H32F2N4O2. The summed E-state index contributed by atoms with van der Waals surface area (Å²) in [4.78, 5) is 29.1. The second kappa shape index (κ2) is 10.9. The third-order valence-corrected chi connectivity index (χ3v) is 4.71. The van der Waals surface area contributed by atoms with Gasteiger partial charge < -0.3 is 19.7 Å². The first kappa shape index (κ1) is 24.4. The summed E-state index contributed by atoms with van der Waals surface area (Å²) in [6.45, 7) is 9.09. The Morgan fingerprint density at radius 1 is 1.03 bits per heavy atom. The topological polar surface area (TPSA) is 57.6 Å². The highest BCUT2D eigenvalue weighted by molar-refractivity contribution is 5.92. The molecule has 31 heavy (non-hydrogen) atoms. The number of carbonyl (C=O) groups excluding carboxylic acids is 2. The summed E-state index contributed by atoms with van der Waals surface area (Å²) >= 11 is 0. The minimum atomic E-state index is -0.866. The van der Waals surface area contributed by atoms with E-state index in [2.05, 4.69) is 5.32 Å². The second-order valence-electron chi connectivity index (χ2n) is 8.61. The molecule has 6 nitrogen and oxygen atoms in total. The lowest BCUT2D eigenvalue weighted by Crippen LogP contribution is -2.46. The molecule has 170 valence electrons. The standard InChI is InChI=1S/C23H32F2N4O2/c1-16(2)12-28(14-19-7-6-10-27(19)5)22(30)15-29(13-17(3)4)23(31)26-21-9-8-18(24)11-20(21)25/h6-11,16-17H,12-15H2,1-5H3,(H,26,31). The van der Waals surface area contributed by atoms with Crippen LogP contribution in [0.25, 0.3) is 0 Å². The van der Waals surface area contributed by atoms with Crippen LogP contribution in [0.1, 0.15) is 33.4 Å². The number of carbonyl (C=O) groups is 2. The van der Waals surface area contributed by atoms with E-state index < -0.39 is 17.7 Å². The molecule has 3 amide bonds. The summed E-state index contributed by atoms with van der Waals surface area (Å²) < 4.78 is 29.1. The molecule has 0 unspecified atom stereocenters. The number of anilines is 1. The Morgan fingerprint density at radius 2 is 1.68 bits per heavy atom. The number of amides is 3. The van der Waals surface area contributed by atoms with Crippen molar-refractivity contribution in [3.63, 3.8) is 0 Å². The van der Waals surface area contributed by atoms with Gasteiger partial charge in [0.1, 0.15) is 18.2 Å². The van der Waals surface area contributed by atoms with Gasteiger partial charge in [-0.2, -0.15) is 0 Å². The number of aryl methyl sites for hydroxylation is 1. The predicted octanol–water partition coefficient (Wildman–Crippen LogP) is 4.48. The van der Waals surface area contributed by atoms with Crippen LogP contribution >= 0.6 is 0 Å². The van der Waals surface area contributed by atoms with Crippen LogP contribution in [0.3, 0.4) is 0 Å². The van der Waals surface area contributed by atoms with Crippen molar-refractivity contribution in [2.45, 2.75) is 34.2 Å². The summed E-state index contributed by atoms with van der Waals surface area (Å²) in [5, 5.41) is 2.45. The number of rotatable bonds is 9. The van der Waals surface area contributed by atoms with Gasteiger partial charge in [-0.1, -0.05) is 27.7 Å². The van der Waals surface area contributed by atoms with E-state index in [-0.39, 0.29) is 30.0 Å². The first-order valence-corrected chi connectivity index (χ1v) is 10.5. The Balaban J connectivity index is 2.16. The summed E-state index contributed by atoms with van der Waals surface area (Å²) in [5.41, 5.74) is 0.859. The molecule has 0 aliphatic carbocycles. The van der Waals surface area contributed by atoms with Crippen LogP contribution in [-0.2, 0) is 18.4 Å². The van der Waals surface area contributed by atoms with Crippen molar-refractivity contribution in [2.24, 2.45) is 18.9 Å². The fraction of sp³-hybridized carbons (Fsp3) is 0.478. The summed E-state index contributed by atoms with van der Waals surface area (Å²) in [7, 11) is 1.92. The lowest BCUT2D eigenvalue weighted by atomic mass is 10.2. The maximum Gasteiger partial charge on any atom is 0.322 e. The molecule has 0 bridgehead atoms. The molecule has 1 N–H and O–H groups in total. The number of nitrogens with zero attached hydrogens (tertiary/aromatic N) is 3. The number of urea groups is 1. The molecular weight excluding hydrogens is 402 g/mol. The van der Waals surface area contributed by atoms with E-state index in [1.54, 1.807) is 4.90 Å². The van der Waals surface area contributed by atoms with Crippen molar-refractivity contribution in [3.8, 4) is 0 Å². The van der Waals surface area contributed by atoms with E-state index in [0.717, 1.165) is 11.8 Å². The van der Waals surface area contributed by atoms with Crippen LogP contribution in [0.2, 0.25) is 0 Å². The molecule has 2 aromatic rings. The molecule has 0 saturated carbocycles. The summed E-state index contributed by atoms with van der Waals surface area (Å²) in [5.74, 6) is -1.43. The molecule has 1 heterocycles. The lowest BCUT2D eigenvalue weighted by Gasteiger charge is -2.30. The number of hydrogen-bond donors (Lipinski definition) is 1. The molecule has 0 saturated heterocycles. The van der Waals surface area contributed by atoms with Crippen molar-refractivity contribution >= 4 is 17.6 Å². The van der Waals surface area contributed by atoms with Crippen molar-refractivity contribution in [1.29, 1.82) is 0 Å². The number of benzene rings is 1. The van der Waals surface area contributed by atoms with Gasteiger partial charge in [-0.05, 0) is 36.1 Å². The fourth-order valence-electron chi connectivity index (χ4n) is 3.26. The summed E-state index contributed by atoms with van der Waals surface area (Å²) in [6.07, 6.45) is 1.92. The Labute approximate surface area is 182 Å². The average Bonchev–Trinajstić information content (AvgIpc) is 3.06. The van der Waals surface area contributed by atoms with Crippen molar-refractivity contribution < 1.29 is 18.4 Å². The fourth-order valence-corrected chi connectivity index (χ4v) is 3.26. The largest absolute Gasteiger partial charge is 0.353 e. The highest BCUT2D eigenvalue weighted by Gasteiger charge is 2.24. The quantitative estimate of drug-likeness (QED) is 0.633. The highest BCUT2D eigenvalue weighted by atomic mass is 19.1. The zero-order valence-corrected chi connectivity index (χ0v) is 18.9. The van der Waals surface area contributed by atoms with Gasteiger partial charge in [-0.15, -0.1) is 0 Å². The Bertz CT molecular complexity index is 895. The number of aromatic nitrogens is 1. The van der Waals surface area contributed by atoms with Gasteiger partial charge in [0, 0.05) is 38.1 Å². The van der Waals surface area contributed by atoms with Gasteiger partial charge >= 0.3 is 6.03 Å². The van der Waals surface area contributed by atoms with E-state index in [1.165, 1.54) is 11.0 Å². The molecule has 1 aromatic heterocycles. The predicted molar refractivity (Wildman–Crippen MR) is 117 cm³/mol. The van der Waals surface area contributed by atoms with Gasteiger partial charge in [0.15, 0.2) is 0 Å². The Kier molecular flexibility index (Phi) is 8.59. The van der Waals surface area contributed by atoms with E-state index in [1.807, 2.05) is 57.6 Å². The normalized spacial score (nSPS) is 11.1. The monoisotopic (exact) mass is 434 g/mol. The van der Waals surface area contributed by atoms with Gasteiger partial charge in [-0.3, -0.25) is 4.79 Å². The smallest absolute Gasteiger partial charge is 0.322 e. The van der Waals surface area contributed by atoms with Crippen LogP contribution in [0.4, 0.5) is 19.3 Å². The van der Waals surface area contributed by atoms with Crippen LogP contribution in [0, 0.1) is 23.5 Å². The maximum absolute atomic E-state index is 14.0. The SMILES string of the molecule is CC(C)CN(Cc1cccn1C)C(=O)CN(CC(C)C)C(=O)Nc1ccc(F)cc1F. The first-order valence-electron chi connectivity index (χ1n) is 10.5.